The second-order valence-corrected chi connectivity index (χ2v) is 9.57. The lowest BCUT2D eigenvalue weighted by Gasteiger charge is -2.31. The molecule has 2 aliphatic rings. The monoisotopic (exact) mass is 480 g/mol. The number of allylic oxidation sites excluding steroid dienone is 3. The fourth-order valence-electron chi connectivity index (χ4n) is 4.56. The molecule has 1 aromatic carbocycles. The summed E-state index contributed by atoms with van der Waals surface area (Å²) in [5.74, 6) is 0.294. The summed E-state index contributed by atoms with van der Waals surface area (Å²) in [6.07, 6.45) is 8.49. The first kappa shape index (κ1) is 21.9. The van der Waals surface area contributed by atoms with Gasteiger partial charge in [0, 0.05) is 40.6 Å². The fourth-order valence-corrected chi connectivity index (χ4v) is 5.05. The van der Waals surface area contributed by atoms with Crippen LogP contribution in [0.25, 0.3) is 11.3 Å². The molecule has 0 bridgehead atoms. The third-order valence-electron chi connectivity index (χ3n) is 6.41. The molecule has 1 aliphatic carbocycles. The number of rotatable bonds is 4. The van der Waals surface area contributed by atoms with Gasteiger partial charge in [-0.3, -0.25) is 9.97 Å². The number of aromatic nitrogens is 2. The molecular formula is C26H23Cl2FN4. The van der Waals surface area contributed by atoms with Crippen LogP contribution in [0.1, 0.15) is 30.4 Å². The molecule has 7 heteroatoms. The summed E-state index contributed by atoms with van der Waals surface area (Å²) in [5, 5.41) is 1.47. The van der Waals surface area contributed by atoms with E-state index in [0.717, 1.165) is 34.0 Å². The Morgan fingerprint density at radius 3 is 2.70 bits per heavy atom. The molecule has 0 radical (unpaired) electrons. The predicted molar refractivity (Wildman–Crippen MR) is 133 cm³/mol. The Hall–Kier alpha value is -2.89. The summed E-state index contributed by atoms with van der Waals surface area (Å²) < 4.78 is 14.6. The van der Waals surface area contributed by atoms with Crippen LogP contribution in [0.15, 0.2) is 71.3 Å². The maximum atomic E-state index is 14.6. The minimum absolute atomic E-state index is 0.106. The number of benzene rings is 1. The number of anilines is 2. The van der Waals surface area contributed by atoms with Crippen molar-refractivity contribution in [2.24, 2.45) is 5.92 Å². The molecule has 2 atom stereocenters. The molecule has 0 saturated heterocycles. The zero-order chi connectivity index (χ0) is 23.3. The van der Waals surface area contributed by atoms with Crippen molar-refractivity contribution in [2.75, 3.05) is 17.2 Å². The van der Waals surface area contributed by atoms with Crippen LogP contribution in [0, 0.1) is 18.7 Å². The van der Waals surface area contributed by atoms with E-state index in [9.17, 15) is 4.39 Å². The average Bonchev–Trinajstić information content (AvgIpc) is 3.58. The minimum atomic E-state index is -0.457. The van der Waals surface area contributed by atoms with Crippen molar-refractivity contribution in [1.29, 1.82) is 0 Å². The van der Waals surface area contributed by atoms with E-state index in [1.807, 2.05) is 25.3 Å². The van der Waals surface area contributed by atoms with Crippen molar-refractivity contribution >= 4 is 34.6 Å². The average molecular weight is 481 g/mol. The van der Waals surface area contributed by atoms with E-state index in [1.54, 1.807) is 30.6 Å². The molecule has 33 heavy (non-hydrogen) atoms. The maximum Gasteiger partial charge on any atom is 0.155 e. The molecule has 0 amide bonds. The first-order valence-corrected chi connectivity index (χ1v) is 11.5. The van der Waals surface area contributed by atoms with Crippen LogP contribution >= 0.6 is 23.2 Å². The Labute approximate surface area is 202 Å². The molecule has 2 aromatic heterocycles. The van der Waals surface area contributed by atoms with Crippen LogP contribution in [-0.2, 0) is 0 Å². The van der Waals surface area contributed by atoms with Crippen LogP contribution in [0.2, 0.25) is 5.02 Å². The van der Waals surface area contributed by atoms with Gasteiger partial charge in [-0.25, -0.2) is 4.39 Å². The van der Waals surface area contributed by atoms with Gasteiger partial charge in [0.1, 0.15) is 0 Å². The summed E-state index contributed by atoms with van der Waals surface area (Å²) in [6.45, 7) is 4.62. The largest absolute Gasteiger partial charge is 0.396 e. The molecule has 0 spiro atoms. The molecule has 168 valence electrons. The predicted octanol–water partition coefficient (Wildman–Crippen LogP) is 6.85. The van der Waals surface area contributed by atoms with Crippen LogP contribution in [0.3, 0.4) is 0 Å². The standard InChI is InChI=1S/C26H23Cl2FN4/c1-14-10-32-24(18-4-3-5-23(30)26(18)29)9-25(14)33-13-22(28)21(6-15(33)2)20-8-19(20)16-7-17(27)12-31-11-16/h3-7,9-12,19-20H,8,13,30H2,1-2H3/t19-,20+/m1/s1. The van der Waals surface area contributed by atoms with Gasteiger partial charge in [0.25, 0.3) is 0 Å². The van der Waals surface area contributed by atoms with Gasteiger partial charge in [-0.05, 0) is 79.1 Å². The van der Waals surface area contributed by atoms with Crippen molar-refractivity contribution < 1.29 is 4.39 Å². The summed E-state index contributed by atoms with van der Waals surface area (Å²) in [6, 6.07) is 8.85. The first-order valence-electron chi connectivity index (χ1n) is 10.8. The summed E-state index contributed by atoms with van der Waals surface area (Å²) in [5.41, 5.74) is 12.1. The number of hydrogen-bond donors (Lipinski definition) is 1. The highest BCUT2D eigenvalue weighted by molar-refractivity contribution is 6.31. The summed E-state index contributed by atoms with van der Waals surface area (Å²) in [4.78, 5) is 10.8. The van der Waals surface area contributed by atoms with Crippen molar-refractivity contribution in [3.05, 3.63) is 93.3 Å². The van der Waals surface area contributed by atoms with Crippen molar-refractivity contribution in [3.8, 4) is 11.3 Å². The first-order chi connectivity index (χ1) is 15.8. The van der Waals surface area contributed by atoms with Gasteiger partial charge in [0.15, 0.2) is 5.82 Å². The molecular weight excluding hydrogens is 458 g/mol. The molecule has 2 N–H and O–H groups in total. The van der Waals surface area contributed by atoms with E-state index in [-0.39, 0.29) is 5.69 Å². The number of nitrogen functional groups attached to an aromatic ring is 1. The van der Waals surface area contributed by atoms with E-state index >= 15 is 0 Å². The van der Waals surface area contributed by atoms with Crippen LogP contribution < -0.4 is 10.6 Å². The quantitative estimate of drug-likeness (QED) is 0.414. The number of aryl methyl sites for hydroxylation is 1. The maximum absolute atomic E-state index is 14.6. The Morgan fingerprint density at radius 1 is 1.09 bits per heavy atom. The topological polar surface area (TPSA) is 55.0 Å². The number of nitrogens with two attached hydrogens (primary N) is 1. The normalized spacial score (nSPS) is 20.2. The fraction of sp³-hybridized carbons (Fsp3) is 0.231. The zero-order valence-corrected chi connectivity index (χ0v) is 19.8. The van der Waals surface area contributed by atoms with Crippen molar-refractivity contribution in [2.45, 2.75) is 26.2 Å². The third kappa shape index (κ3) is 4.11. The summed E-state index contributed by atoms with van der Waals surface area (Å²) >= 11 is 13.0. The molecule has 3 aromatic rings. The van der Waals surface area contributed by atoms with E-state index in [4.69, 9.17) is 28.9 Å². The lowest BCUT2D eigenvalue weighted by Crippen LogP contribution is -2.27. The lowest BCUT2D eigenvalue weighted by atomic mass is 10.0. The molecule has 1 aliphatic heterocycles. The molecule has 1 saturated carbocycles. The van der Waals surface area contributed by atoms with Crippen LogP contribution in [0.5, 0.6) is 0 Å². The van der Waals surface area contributed by atoms with Gasteiger partial charge in [-0.2, -0.15) is 0 Å². The molecule has 4 nitrogen and oxygen atoms in total. The van der Waals surface area contributed by atoms with Gasteiger partial charge in [0.2, 0.25) is 0 Å². The minimum Gasteiger partial charge on any atom is -0.396 e. The molecule has 3 heterocycles. The lowest BCUT2D eigenvalue weighted by molar-refractivity contribution is 0.635. The van der Waals surface area contributed by atoms with Crippen molar-refractivity contribution in [3.63, 3.8) is 0 Å². The van der Waals surface area contributed by atoms with Crippen LogP contribution in [-0.4, -0.2) is 16.5 Å². The highest BCUT2D eigenvalue weighted by Crippen LogP contribution is 2.54. The number of pyridine rings is 2. The molecule has 5 rings (SSSR count). The Morgan fingerprint density at radius 2 is 1.91 bits per heavy atom. The third-order valence-corrected chi connectivity index (χ3v) is 6.96. The zero-order valence-electron chi connectivity index (χ0n) is 18.3. The van der Waals surface area contributed by atoms with Gasteiger partial charge in [0.05, 0.1) is 22.9 Å². The number of nitrogens with zero attached hydrogens (tertiary/aromatic N) is 3. The van der Waals surface area contributed by atoms with E-state index in [2.05, 4.69) is 27.9 Å². The van der Waals surface area contributed by atoms with Crippen molar-refractivity contribution in [1.82, 2.24) is 9.97 Å². The molecule has 0 unspecified atom stereocenters. The highest BCUT2D eigenvalue weighted by Gasteiger charge is 2.42. The van der Waals surface area contributed by atoms with E-state index < -0.39 is 5.82 Å². The van der Waals surface area contributed by atoms with Gasteiger partial charge >= 0.3 is 0 Å². The van der Waals surface area contributed by atoms with E-state index in [0.29, 0.717) is 34.7 Å². The van der Waals surface area contributed by atoms with E-state index in [1.165, 1.54) is 5.57 Å². The SMILES string of the molecule is CC1=CC([C@H]2C[C@@H]2c2cncc(Cl)c2)=C(Cl)CN1c1cc(-c2cccc(N)c2F)ncc1C. The Kier molecular flexibility index (Phi) is 5.63. The van der Waals surface area contributed by atoms with Crippen LogP contribution in [0.4, 0.5) is 15.8 Å². The number of hydrogen-bond acceptors (Lipinski definition) is 4. The second kappa shape index (κ2) is 8.47. The van der Waals surface area contributed by atoms with Gasteiger partial charge in [-0.1, -0.05) is 29.3 Å². The Balaban J connectivity index is 1.43. The second-order valence-electron chi connectivity index (χ2n) is 8.68. The number of halogens is 3. The molecule has 1 fully saturated rings. The smallest absolute Gasteiger partial charge is 0.155 e. The van der Waals surface area contributed by atoms with Gasteiger partial charge < -0.3 is 10.6 Å². The summed E-state index contributed by atoms with van der Waals surface area (Å²) in [7, 11) is 0. The Bertz CT molecular complexity index is 1320. The highest BCUT2D eigenvalue weighted by atomic mass is 35.5. The van der Waals surface area contributed by atoms with Gasteiger partial charge in [-0.15, -0.1) is 0 Å².